The Labute approximate surface area is 298 Å². The lowest BCUT2D eigenvalue weighted by atomic mass is 10.0. The van der Waals surface area contributed by atoms with Crippen molar-refractivity contribution in [3.05, 3.63) is 102 Å². The number of rotatable bonds is 18. The van der Waals surface area contributed by atoms with Gasteiger partial charge in [-0.05, 0) is 106 Å². The van der Waals surface area contributed by atoms with Gasteiger partial charge < -0.3 is 30.0 Å². The summed E-state index contributed by atoms with van der Waals surface area (Å²) in [5, 5.41) is 15.0. The number of alkyl carbamates (subject to hydrolysis) is 1. The fraction of sp³-hybridized carbons (Fsp3) is 0.350. The molecule has 11 heteroatoms. The van der Waals surface area contributed by atoms with Crippen molar-refractivity contribution < 1.29 is 38.1 Å². The first-order valence-electron chi connectivity index (χ1n) is 17.1. The van der Waals surface area contributed by atoms with E-state index in [-0.39, 0.29) is 24.6 Å². The van der Waals surface area contributed by atoms with Gasteiger partial charge in [-0.15, -0.1) is 0 Å². The molecule has 0 aliphatic heterocycles. The number of hydrogen-bond acceptors (Lipinski definition) is 7. The molecule has 0 aliphatic rings. The van der Waals surface area contributed by atoms with Crippen molar-refractivity contribution in [3.63, 3.8) is 0 Å². The van der Waals surface area contributed by atoms with Gasteiger partial charge in [0.05, 0.1) is 18.9 Å². The van der Waals surface area contributed by atoms with Crippen LogP contribution in [0.4, 0.5) is 9.18 Å². The summed E-state index contributed by atoms with van der Waals surface area (Å²) in [6, 6.07) is 25.8. The maximum absolute atomic E-state index is 13.5. The van der Waals surface area contributed by atoms with Crippen molar-refractivity contribution in [2.24, 2.45) is 0 Å². The number of nitrogens with zero attached hydrogens (tertiary/aromatic N) is 1. The molecule has 0 bridgehead atoms. The van der Waals surface area contributed by atoms with E-state index in [1.807, 2.05) is 42.5 Å². The highest BCUT2D eigenvalue weighted by molar-refractivity contribution is 5.83. The maximum atomic E-state index is 13.5. The third kappa shape index (κ3) is 13.8. The molecular weight excluding hydrogens is 653 g/mol. The fourth-order valence-electron chi connectivity index (χ4n) is 5.08. The molecular formula is C40H46FN3O7. The molecule has 51 heavy (non-hydrogen) atoms. The molecule has 1 unspecified atom stereocenters. The Morgan fingerprint density at radius 2 is 1.51 bits per heavy atom. The van der Waals surface area contributed by atoms with E-state index in [1.54, 1.807) is 57.2 Å². The van der Waals surface area contributed by atoms with Crippen molar-refractivity contribution in [3.8, 4) is 34.0 Å². The number of aliphatic carboxylic acids is 1. The highest BCUT2D eigenvalue weighted by Crippen LogP contribution is 2.29. The normalized spacial score (nSPS) is 11.7. The molecule has 3 aromatic carbocycles. The Kier molecular flexibility index (Phi) is 14.3. The van der Waals surface area contributed by atoms with Gasteiger partial charge in [0.15, 0.2) is 0 Å². The zero-order chi connectivity index (χ0) is 36.6. The van der Waals surface area contributed by atoms with Crippen molar-refractivity contribution in [2.45, 2.75) is 70.9 Å². The van der Waals surface area contributed by atoms with Gasteiger partial charge in [0.25, 0.3) is 0 Å². The van der Waals surface area contributed by atoms with Crippen LogP contribution < -0.4 is 20.1 Å². The Bertz CT molecular complexity index is 1710. The number of carboxylic acid groups (broad SMARTS) is 1. The van der Waals surface area contributed by atoms with Crippen LogP contribution >= 0.6 is 0 Å². The van der Waals surface area contributed by atoms with Crippen LogP contribution in [0.2, 0.25) is 0 Å². The van der Waals surface area contributed by atoms with Gasteiger partial charge in [-0.2, -0.15) is 0 Å². The average molecular weight is 700 g/mol. The molecule has 0 radical (unpaired) electrons. The Hall–Kier alpha value is -5.45. The molecule has 10 nitrogen and oxygen atoms in total. The van der Waals surface area contributed by atoms with E-state index in [4.69, 9.17) is 14.2 Å². The van der Waals surface area contributed by atoms with Crippen LogP contribution in [0, 0.1) is 5.82 Å². The van der Waals surface area contributed by atoms with E-state index >= 15 is 0 Å². The average Bonchev–Trinajstić information content (AvgIpc) is 3.09. The van der Waals surface area contributed by atoms with Gasteiger partial charge >= 0.3 is 12.1 Å². The van der Waals surface area contributed by atoms with Gasteiger partial charge in [0.1, 0.15) is 23.2 Å². The number of ether oxygens (including phenoxy) is 3. The molecule has 4 aromatic rings. The molecule has 0 spiro atoms. The molecule has 0 saturated heterocycles. The number of unbranched alkanes of at least 4 members (excludes halogenated alkanes) is 2. The zero-order valence-electron chi connectivity index (χ0n) is 29.3. The molecule has 1 aromatic heterocycles. The minimum atomic E-state index is -1.11. The number of carbonyl (C=O) groups is 3. The van der Waals surface area contributed by atoms with E-state index in [0.29, 0.717) is 62.8 Å². The van der Waals surface area contributed by atoms with Crippen LogP contribution in [0.3, 0.4) is 0 Å². The lowest BCUT2D eigenvalue weighted by Crippen LogP contribution is -2.42. The minimum Gasteiger partial charge on any atom is -0.494 e. The van der Waals surface area contributed by atoms with Gasteiger partial charge in [0, 0.05) is 31.0 Å². The summed E-state index contributed by atoms with van der Waals surface area (Å²) in [5.74, 6) is -0.698. The van der Waals surface area contributed by atoms with Crippen molar-refractivity contribution in [1.29, 1.82) is 0 Å². The largest absolute Gasteiger partial charge is 0.494 e. The number of pyridine rings is 1. The first-order valence-corrected chi connectivity index (χ1v) is 17.1. The summed E-state index contributed by atoms with van der Waals surface area (Å²) in [7, 11) is 0. The summed E-state index contributed by atoms with van der Waals surface area (Å²) in [5.41, 5.74) is 3.55. The molecule has 1 atom stereocenters. The van der Waals surface area contributed by atoms with Crippen molar-refractivity contribution in [1.82, 2.24) is 15.6 Å². The lowest BCUT2D eigenvalue weighted by Gasteiger charge is -2.19. The number of nitrogens with one attached hydrogen (secondary N) is 2. The van der Waals surface area contributed by atoms with Gasteiger partial charge in [-0.25, -0.2) is 19.0 Å². The van der Waals surface area contributed by atoms with Crippen molar-refractivity contribution >= 4 is 18.0 Å². The molecule has 0 fully saturated rings. The monoisotopic (exact) mass is 699 g/mol. The van der Waals surface area contributed by atoms with E-state index in [0.717, 1.165) is 22.3 Å². The SMILES string of the molecule is CC(C)(C)OC(=O)NCCCOc1ccc(CC(NC(=O)CCCCCOc2cc(-c3ccccc3)cc(-c3ccc(F)cc3)n2)C(=O)O)cc1. The van der Waals surface area contributed by atoms with E-state index < -0.39 is 23.7 Å². The van der Waals surface area contributed by atoms with Crippen LogP contribution in [0.1, 0.15) is 58.4 Å². The Morgan fingerprint density at radius 1 is 0.804 bits per heavy atom. The highest BCUT2D eigenvalue weighted by Gasteiger charge is 2.20. The zero-order valence-corrected chi connectivity index (χ0v) is 29.3. The number of hydrogen-bond donors (Lipinski definition) is 3. The summed E-state index contributed by atoms with van der Waals surface area (Å²) in [4.78, 5) is 40.9. The lowest BCUT2D eigenvalue weighted by molar-refractivity contribution is -0.141. The van der Waals surface area contributed by atoms with Crippen LogP contribution in [-0.4, -0.2) is 59.5 Å². The highest BCUT2D eigenvalue weighted by atomic mass is 19.1. The predicted molar refractivity (Wildman–Crippen MR) is 193 cm³/mol. The number of aromatic nitrogens is 1. The second-order valence-electron chi connectivity index (χ2n) is 13.0. The minimum absolute atomic E-state index is 0.129. The van der Waals surface area contributed by atoms with Gasteiger partial charge in [0.2, 0.25) is 11.8 Å². The molecule has 270 valence electrons. The summed E-state index contributed by atoms with van der Waals surface area (Å²) in [6.45, 7) is 6.57. The smallest absolute Gasteiger partial charge is 0.407 e. The standard InChI is InChI=1S/C40H46FN3O7/c1-40(2,3)51-39(48)42-22-10-24-49-33-20-14-28(15-21-33)25-35(38(46)47)43-36(45)13-8-5-9-23-50-37-27-31(29-11-6-4-7-12-29)26-34(44-37)30-16-18-32(41)19-17-30/h4,6-7,11-12,14-21,26-27,35H,5,8-10,13,22-25H2,1-3H3,(H,42,48)(H,43,45)(H,46,47). The number of halogens is 1. The Morgan fingerprint density at radius 3 is 2.20 bits per heavy atom. The van der Waals surface area contributed by atoms with Crippen LogP contribution in [0.15, 0.2) is 91.0 Å². The molecule has 1 heterocycles. The maximum Gasteiger partial charge on any atom is 0.407 e. The van der Waals surface area contributed by atoms with Gasteiger partial charge in [-0.3, -0.25) is 4.79 Å². The third-order valence-electron chi connectivity index (χ3n) is 7.60. The number of benzene rings is 3. The summed E-state index contributed by atoms with van der Waals surface area (Å²) >= 11 is 0. The topological polar surface area (TPSA) is 136 Å². The van der Waals surface area contributed by atoms with Crippen molar-refractivity contribution in [2.75, 3.05) is 19.8 Å². The van der Waals surface area contributed by atoms with Crippen LogP contribution in [0.25, 0.3) is 22.4 Å². The second kappa shape index (κ2) is 19.1. The third-order valence-corrected chi connectivity index (χ3v) is 7.60. The number of amides is 2. The first kappa shape index (κ1) is 38.4. The van der Waals surface area contributed by atoms with E-state index in [2.05, 4.69) is 15.6 Å². The summed E-state index contributed by atoms with van der Waals surface area (Å²) in [6.07, 6.45) is 2.37. The van der Waals surface area contributed by atoms with E-state index in [9.17, 15) is 23.9 Å². The second-order valence-corrected chi connectivity index (χ2v) is 13.0. The molecule has 4 rings (SSSR count). The molecule has 3 N–H and O–H groups in total. The summed E-state index contributed by atoms with van der Waals surface area (Å²) < 4.78 is 30.4. The first-order chi connectivity index (χ1) is 24.4. The number of carboxylic acids is 1. The molecule has 0 saturated carbocycles. The Balaban J connectivity index is 1.17. The molecule has 2 amide bonds. The molecule has 0 aliphatic carbocycles. The van der Waals surface area contributed by atoms with E-state index in [1.165, 1.54) is 12.1 Å². The quantitative estimate of drug-likeness (QED) is 0.0904. The fourth-order valence-corrected chi connectivity index (χ4v) is 5.08. The number of carbonyl (C=O) groups excluding carboxylic acids is 2. The predicted octanol–water partition coefficient (Wildman–Crippen LogP) is 7.60. The van der Waals surface area contributed by atoms with Crippen LogP contribution in [-0.2, 0) is 20.7 Å². The van der Waals surface area contributed by atoms with Crippen LogP contribution in [0.5, 0.6) is 11.6 Å². The van der Waals surface area contributed by atoms with Gasteiger partial charge in [-0.1, -0.05) is 42.5 Å².